The fourth-order valence-electron chi connectivity index (χ4n) is 0.942. The number of aliphatic hydroxyl groups is 1. The van der Waals surface area contributed by atoms with E-state index in [1.807, 2.05) is 6.92 Å². The summed E-state index contributed by atoms with van der Waals surface area (Å²) < 4.78 is 0. The molecule has 0 aromatic heterocycles. The largest absolute Gasteiger partial charge is 0.479 e. The van der Waals surface area contributed by atoms with Gasteiger partial charge in [0.2, 0.25) is 0 Å². The van der Waals surface area contributed by atoms with Gasteiger partial charge in [0.1, 0.15) is 0 Å². The summed E-state index contributed by atoms with van der Waals surface area (Å²) in [5.41, 5.74) is -1.87. The first-order valence-electron chi connectivity index (χ1n) is 5.94. The number of carboxylic acid groups (broad SMARTS) is 1. The molecular weight excluding hydrogens is 236 g/mol. The zero-order valence-corrected chi connectivity index (χ0v) is 11.7. The molecule has 0 bridgehead atoms. The Labute approximate surface area is 108 Å². The Bertz CT molecular complexity index is 308. The third-order valence-electron chi connectivity index (χ3n) is 3.10. The molecule has 0 aromatic rings. The molecule has 0 spiro atoms. The van der Waals surface area contributed by atoms with Crippen molar-refractivity contribution in [2.45, 2.75) is 40.2 Å². The van der Waals surface area contributed by atoms with Crippen molar-refractivity contribution >= 4 is 12.0 Å². The zero-order valence-electron chi connectivity index (χ0n) is 11.7. The highest BCUT2D eigenvalue weighted by Crippen LogP contribution is 2.24. The Hall–Kier alpha value is -1.30. The highest BCUT2D eigenvalue weighted by Gasteiger charge is 2.30. The van der Waals surface area contributed by atoms with Gasteiger partial charge in [0.25, 0.3) is 0 Å². The highest BCUT2D eigenvalue weighted by molar-refractivity contribution is 5.79. The van der Waals surface area contributed by atoms with Crippen LogP contribution in [-0.2, 0) is 4.79 Å². The Balaban J connectivity index is 4.04. The second kappa shape index (κ2) is 6.04. The van der Waals surface area contributed by atoms with Crippen molar-refractivity contribution in [3.63, 3.8) is 0 Å². The third-order valence-corrected chi connectivity index (χ3v) is 3.10. The Morgan fingerprint density at radius 3 is 2.06 bits per heavy atom. The van der Waals surface area contributed by atoms with Gasteiger partial charge in [-0.3, -0.25) is 0 Å². The average Bonchev–Trinajstić information content (AvgIpc) is 2.21. The van der Waals surface area contributed by atoms with E-state index in [0.29, 0.717) is 6.54 Å². The van der Waals surface area contributed by atoms with E-state index in [-0.39, 0.29) is 17.9 Å². The SMILES string of the molecule is CC(CNC(=O)NCC(C)(O)C(=O)O)C(C)(C)C. The van der Waals surface area contributed by atoms with Crippen molar-refractivity contribution in [2.24, 2.45) is 11.3 Å². The van der Waals surface area contributed by atoms with Crippen LogP contribution in [0.4, 0.5) is 4.79 Å². The lowest BCUT2D eigenvalue weighted by atomic mass is 9.82. The van der Waals surface area contributed by atoms with Gasteiger partial charge in [-0.05, 0) is 18.3 Å². The molecule has 0 aliphatic rings. The molecular formula is C12H24N2O4. The summed E-state index contributed by atoms with van der Waals surface area (Å²) in [6, 6.07) is -0.479. The first kappa shape index (κ1) is 16.7. The third kappa shape index (κ3) is 5.86. The van der Waals surface area contributed by atoms with E-state index >= 15 is 0 Å². The van der Waals surface area contributed by atoms with Crippen LogP contribution in [0.25, 0.3) is 0 Å². The summed E-state index contributed by atoms with van der Waals surface area (Å²) >= 11 is 0. The van der Waals surface area contributed by atoms with Crippen LogP contribution in [0.3, 0.4) is 0 Å². The van der Waals surface area contributed by atoms with Gasteiger partial charge in [-0.25, -0.2) is 9.59 Å². The molecule has 0 saturated heterocycles. The van der Waals surface area contributed by atoms with Gasteiger partial charge in [-0.1, -0.05) is 27.7 Å². The first-order chi connectivity index (χ1) is 7.97. The van der Waals surface area contributed by atoms with E-state index in [2.05, 4.69) is 31.4 Å². The van der Waals surface area contributed by atoms with Crippen molar-refractivity contribution in [3.8, 4) is 0 Å². The monoisotopic (exact) mass is 260 g/mol. The molecule has 2 unspecified atom stereocenters. The number of aliphatic carboxylic acids is 1. The lowest BCUT2D eigenvalue weighted by molar-refractivity contribution is -0.155. The molecule has 2 amide bonds. The molecule has 6 heteroatoms. The fraction of sp³-hybridized carbons (Fsp3) is 0.833. The van der Waals surface area contributed by atoms with Crippen LogP contribution >= 0.6 is 0 Å². The molecule has 6 nitrogen and oxygen atoms in total. The van der Waals surface area contributed by atoms with Crippen molar-refractivity contribution in [1.82, 2.24) is 10.6 Å². The van der Waals surface area contributed by atoms with E-state index < -0.39 is 17.6 Å². The summed E-state index contributed by atoms with van der Waals surface area (Å²) in [6.07, 6.45) is 0. The van der Waals surface area contributed by atoms with Crippen LogP contribution in [0.1, 0.15) is 34.6 Å². The number of carbonyl (C=O) groups excluding carboxylic acids is 1. The van der Waals surface area contributed by atoms with Gasteiger partial charge in [0.05, 0.1) is 6.54 Å². The minimum Gasteiger partial charge on any atom is -0.479 e. The second-order valence-electron chi connectivity index (χ2n) is 5.91. The van der Waals surface area contributed by atoms with Crippen LogP contribution in [0.5, 0.6) is 0 Å². The Morgan fingerprint density at radius 1 is 1.17 bits per heavy atom. The molecule has 0 aliphatic heterocycles. The molecule has 0 aliphatic carbocycles. The highest BCUT2D eigenvalue weighted by atomic mass is 16.4. The maximum absolute atomic E-state index is 11.4. The molecule has 4 N–H and O–H groups in total. The molecule has 2 atom stereocenters. The molecule has 0 fully saturated rings. The summed E-state index contributed by atoms with van der Waals surface area (Å²) in [4.78, 5) is 22.0. The molecule has 0 heterocycles. The Kier molecular flexibility index (Phi) is 5.60. The van der Waals surface area contributed by atoms with Gasteiger partial charge >= 0.3 is 12.0 Å². The number of rotatable bonds is 5. The van der Waals surface area contributed by atoms with Crippen molar-refractivity contribution in [2.75, 3.05) is 13.1 Å². The van der Waals surface area contributed by atoms with Gasteiger partial charge in [0, 0.05) is 6.54 Å². The second-order valence-corrected chi connectivity index (χ2v) is 5.91. The van der Waals surface area contributed by atoms with E-state index in [0.717, 1.165) is 6.92 Å². The number of hydrogen-bond donors (Lipinski definition) is 4. The number of carbonyl (C=O) groups is 2. The van der Waals surface area contributed by atoms with E-state index in [1.54, 1.807) is 0 Å². The van der Waals surface area contributed by atoms with E-state index in [4.69, 9.17) is 5.11 Å². The number of urea groups is 1. The van der Waals surface area contributed by atoms with Crippen LogP contribution in [0, 0.1) is 11.3 Å². The normalized spacial score (nSPS) is 16.6. The summed E-state index contributed by atoms with van der Waals surface area (Å²) in [7, 11) is 0. The molecule has 0 radical (unpaired) electrons. The number of carboxylic acids is 1. The molecule has 0 rings (SSSR count). The number of hydrogen-bond acceptors (Lipinski definition) is 3. The topological polar surface area (TPSA) is 98.7 Å². The van der Waals surface area contributed by atoms with Crippen LogP contribution < -0.4 is 10.6 Å². The predicted octanol–water partition coefficient (Wildman–Crippen LogP) is 0.803. The van der Waals surface area contributed by atoms with Gasteiger partial charge in [-0.2, -0.15) is 0 Å². The minimum absolute atomic E-state index is 0.0832. The maximum atomic E-state index is 11.4. The molecule has 106 valence electrons. The minimum atomic E-state index is -1.95. The number of amides is 2. The fourth-order valence-corrected chi connectivity index (χ4v) is 0.942. The molecule has 18 heavy (non-hydrogen) atoms. The van der Waals surface area contributed by atoms with Crippen molar-refractivity contribution < 1.29 is 19.8 Å². The summed E-state index contributed by atoms with van der Waals surface area (Å²) in [5, 5.41) is 23.0. The lowest BCUT2D eigenvalue weighted by Gasteiger charge is -2.27. The summed E-state index contributed by atoms with van der Waals surface area (Å²) in [6.45, 7) is 9.54. The quantitative estimate of drug-likeness (QED) is 0.587. The van der Waals surface area contributed by atoms with E-state index in [1.165, 1.54) is 0 Å². The zero-order chi connectivity index (χ0) is 14.6. The molecule has 0 saturated carbocycles. The average molecular weight is 260 g/mol. The van der Waals surface area contributed by atoms with Gasteiger partial charge < -0.3 is 20.8 Å². The summed E-state index contributed by atoms with van der Waals surface area (Å²) in [5.74, 6) is -1.09. The van der Waals surface area contributed by atoms with Crippen LogP contribution in [-0.4, -0.2) is 40.9 Å². The van der Waals surface area contributed by atoms with Crippen molar-refractivity contribution in [3.05, 3.63) is 0 Å². The lowest BCUT2D eigenvalue weighted by Crippen LogP contribution is -2.49. The first-order valence-corrected chi connectivity index (χ1v) is 5.94. The smallest absolute Gasteiger partial charge is 0.337 e. The number of nitrogens with one attached hydrogen (secondary N) is 2. The Morgan fingerprint density at radius 2 is 1.67 bits per heavy atom. The van der Waals surface area contributed by atoms with Crippen LogP contribution in [0.2, 0.25) is 0 Å². The standard InChI is InChI=1S/C12H24N2O4/c1-8(11(2,3)4)6-13-10(17)14-7-12(5,18)9(15)16/h8,18H,6-7H2,1-5H3,(H,15,16)(H2,13,14,17). The van der Waals surface area contributed by atoms with Gasteiger partial charge in [0.15, 0.2) is 5.60 Å². The van der Waals surface area contributed by atoms with E-state index in [9.17, 15) is 14.7 Å². The van der Waals surface area contributed by atoms with Crippen LogP contribution in [0.15, 0.2) is 0 Å². The molecule has 0 aromatic carbocycles. The predicted molar refractivity (Wildman–Crippen MR) is 68.3 cm³/mol. The van der Waals surface area contributed by atoms with Crippen molar-refractivity contribution in [1.29, 1.82) is 0 Å². The van der Waals surface area contributed by atoms with Gasteiger partial charge in [-0.15, -0.1) is 0 Å². The maximum Gasteiger partial charge on any atom is 0.337 e.